The summed E-state index contributed by atoms with van der Waals surface area (Å²) in [6.07, 6.45) is -1.88. The van der Waals surface area contributed by atoms with Crippen LogP contribution in [0.2, 0.25) is 0 Å². The van der Waals surface area contributed by atoms with Crippen molar-refractivity contribution in [3.8, 4) is 0 Å². The molecule has 0 radical (unpaired) electrons. The zero-order chi connectivity index (χ0) is 16.9. The zero-order valence-electron chi connectivity index (χ0n) is 13.1. The molecule has 0 unspecified atom stereocenters. The van der Waals surface area contributed by atoms with Gasteiger partial charge in [-0.15, -0.1) is 0 Å². The van der Waals surface area contributed by atoms with Crippen molar-refractivity contribution in [3.63, 3.8) is 0 Å². The van der Waals surface area contributed by atoms with Crippen molar-refractivity contribution in [1.82, 2.24) is 4.90 Å². The molecule has 0 aromatic heterocycles. The first-order chi connectivity index (χ1) is 10.2. The SMILES string of the molecule is [C-]#[N+]CCO[C@H]1C[C@@H](C(=O)OC)N(C(=O)OC(C)(C)C)C1=O. The Hall–Kier alpha value is -2.14. The van der Waals surface area contributed by atoms with Crippen LogP contribution in [-0.4, -0.2) is 60.9 Å². The third kappa shape index (κ3) is 4.43. The van der Waals surface area contributed by atoms with Crippen molar-refractivity contribution < 1.29 is 28.6 Å². The second kappa shape index (κ2) is 7.22. The number of rotatable bonds is 4. The minimum absolute atomic E-state index is 0.0112. The zero-order valence-corrected chi connectivity index (χ0v) is 13.1. The van der Waals surface area contributed by atoms with Crippen LogP contribution < -0.4 is 0 Å². The third-order valence-corrected chi connectivity index (χ3v) is 2.85. The summed E-state index contributed by atoms with van der Waals surface area (Å²) in [7, 11) is 1.17. The number of imide groups is 1. The molecule has 0 aromatic carbocycles. The first-order valence-corrected chi connectivity index (χ1v) is 6.80. The van der Waals surface area contributed by atoms with Gasteiger partial charge < -0.3 is 19.1 Å². The summed E-state index contributed by atoms with van der Waals surface area (Å²) in [6.45, 7) is 11.8. The van der Waals surface area contributed by atoms with Gasteiger partial charge in [0.1, 0.15) is 24.4 Å². The summed E-state index contributed by atoms with van der Waals surface area (Å²) in [4.78, 5) is 40.1. The van der Waals surface area contributed by atoms with Crippen LogP contribution >= 0.6 is 0 Å². The Morgan fingerprint density at radius 2 is 2.05 bits per heavy atom. The molecular formula is C14H20N2O6. The van der Waals surface area contributed by atoms with Crippen LogP contribution in [-0.2, 0) is 23.8 Å². The predicted octanol–water partition coefficient (Wildman–Crippen LogP) is 1.000. The molecule has 0 aromatic rings. The number of hydrogen-bond acceptors (Lipinski definition) is 6. The second-order valence-corrected chi connectivity index (χ2v) is 5.70. The Labute approximate surface area is 129 Å². The number of carbonyl (C=O) groups excluding carboxylic acids is 3. The summed E-state index contributed by atoms with van der Waals surface area (Å²) in [5.41, 5.74) is -0.804. The van der Waals surface area contributed by atoms with Crippen molar-refractivity contribution >= 4 is 18.0 Å². The van der Waals surface area contributed by atoms with Crippen molar-refractivity contribution in [2.45, 2.75) is 44.9 Å². The molecule has 2 atom stereocenters. The predicted molar refractivity (Wildman–Crippen MR) is 74.7 cm³/mol. The Kier molecular flexibility index (Phi) is 5.88. The van der Waals surface area contributed by atoms with Gasteiger partial charge in [-0.3, -0.25) is 4.79 Å². The fourth-order valence-corrected chi connectivity index (χ4v) is 1.96. The van der Waals surface area contributed by atoms with Gasteiger partial charge in [-0.25, -0.2) is 21.1 Å². The number of esters is 1. The quantitative estimate of drug-likeness (QED) is 0.437. The highest BCUT2D eigenvalue weighted by Crippen LogP contribution is 2.25. The largest absolute Gasteiger partial charge is 0.467 e. The van der Waals surface area contributed by atoms with E-state index in [1.807, 2.05) is 0 Å². The molecule has 1 saturated heterocycles. The van der Waals surface area contributed by atoms with Crippen molar-refractivity contribution in [3.05, 3.63) is 11.4 Å². The first-order valence-electron chi connectivity index (χ1n) is 6.80. The van der Waals surface area contributed by atoms with E-state index < -0.39 is 35.7 Å². The maximum absolute atomic E-state index is 12.3. The van der Waals surface area contributed by atoms with Gasteiger partial charge in [-0.05, 0) is 20.8 Å². The number of amides is 2. The fourth-order valence-electron chi connectivity index (χ4n) is 1.96. The minimum atomic E-state index is -1.08. The van der Waals surface area contributed by atoms with Gasteiger partial charge in [0.05, 0.1) is 7.11 Å². The monoisotopic (exact) mass is 312 g/mol. The van der Waals surface area contributed by atoms with Crippen LogP contribution in [0.15, 0.2) is 0 Å². The van der Waals surface area contributed by atoms with Crippen LogP contribution in [0.25, 0.3) is 4.85 Å². The summed E-state index contributed by atoms with van der Waals surface area (Å²) in [6, 6.07) is -1.08. The van der Waals surface area contributed by atoms with Crippen LogP contribution in [0.4, 0.5) is 4.79 Å². The van der Waals surface area contributed by atoms with Crippen molar-refractivity contribution in [1.29, 1.82) is 0 Å². The number of ether oxygens (including phenoxy) is 3. The minimum Gasteiger partial charge on any atom is -0.467 e. The Morgan fingerprint density at radius 1 is 1.41 bits per heavy atom. The normalized spacial score (nSPS) is 21.4. The highest BCUT2D eigenvalue weighted by atomic mass is 16.6. The molecule has 0 bridgehead atoms. The topological polar surface area (TPSA) is 86.5 Å². The Balaban J connectivity index is 2.89. The molecule has 1 aliphatic rings. The van der Waals surface area contributed by atoms with Gasteiger partial charge in [0.15, 0.2) is 0 Å². The lowest BCUT2D eigenvalue weighted by atomic mass is 10.2. The van der Waals surface area contributed by atoms with E-state index in [4.69, 9.17) is 16.0 Å². The van der Waals surface area contributed by atoms with Gasteiger partial charge in [-0.2, -0.15) is 0 Å². The van der Waals surface area contributed by atoms with E-state index in [2.05, 4.69) is 9.58 Å². The molecule has 1 aliphatic heterocycles. The van der Waals surface area contributed by atoms with Gasteiger partial charge in [0.2, 0.25) is 6.54 Å². The molecule has 0 N–H and O–H groups in total. The Morgan fingerprint density at radius 3 is 2.55 bits per heavy atom. The van der Waals surface area contributed by atoms with E-state index >= 15 is 0 Å². The lowest BCUT2D eigenvalue weighted by Gasteiger charge is -2.26. The first kappa shape index (κ1) is 17.9. The average molecular weight is 312 g/mol. The maximum Gasteiger partial charge on any atom is 0.417 e. The molecule has 0 spiro atoms. The number of carbonyl (C=O) groups is 3. The summed E-state index contributed by atoms with van der Waals surface area (Å²) in [5.74, 6) is -1.37. The molecular weight excluding hydrogens is 292 g/mol. The Bertz CT molecular complexity index is 491. The van der Waals surface area contributed by atoms with Crippen LogP contribution in [0, 0.1) is 6.57 Å². The molecule has 0 aliphatic carbocycles. The van der Waals surface area contributed by atoms with Crippen LogP contribution in [0.3, 0.4) is 0 Å². The van der Waals surface area contributed by atoms with Gasteiger partial charge >= 0.3 is 12.1 Å². The average Bonchev–Trinajstić information content (AvgIpc) is 2.74. The lowest BCUT2D eigenvalue weighted by molar-refractivity contribution is -0.149. The van der Waals surface area contributed by atoms with E-state index in [9.17, 15) is 14.4 Å². The molecule has 1 heterocycles. The third-order valence-electron chi connectivity index (χ3n) is 2.85. The highest BCUT2D eigenvalue weighted by Gasteiger charge is 2.49. The summed E-state index contributed by atoms with van der Waals surface area (Å²) < 4.78 is 15.0. The van der Waals surface area contributed by atoms with Gasteiger partial charge in [-0.1, -0.05) is 0 Å². The van der Waals surface area contributed by atoms with Crippen molar-refractivity contribution in [2.24, 2.45) is 0 Å². The van der Waals surface area contributed by atoms with E-state index in [1.165, 1.54) is 7.11 Å². The fraction of sp³-hybridized carbons (Fsp3) is 0.714. The smallest absolute Gasteiger partial charge is 0.417 e. The van der Waals surface area contributed by atoms with E-state index in [0.29, 0.717) is 0 Å². The summed E-state index contributed by atoms with van der Waals surface area (Å²) in [5, 5.41) is 0. The maximum atomic E-state index is 12.3. The molecule has 1 fully saturated rings. The van der Waals surface area contributed by atoms with Gasteiger partial charge in [0, 0.05) is 6.42 Å². The highest BCUT2D eigenvalue weighted by molar-refractivity contribution is 6.01. The molecule has 1 rings (SSSR count). The van der Waals surface area contributed by atoms with E-state index in [0.717, 1.165) is 4.90 Å². The number of likely N-dealkylation sites (tertiary alicyclic amines) is 1. The molecule has 8 heteroatoms. The van der Waals surface area contributed by atoms with E-state index in [1.54, 1.807) is 20.8 Å². The second-order valence-electron chi connectivity index (χ2n) is 5.70. The molecule has 2 amide bonds. The number of hydrogen-bond donors (Lipinski definition) is 0. The molecule has 122 valence electrons. The van der Waals surface area contributed by atoms with Gasteiger partial charge in [0.25, 0.3) is 5.91 Å². The van der Waals surface area contributed by atoms with E-state index in [-0.39, 0.29) is 19.6 Å². The number of nitrogens with zero attached hydrogens (tertiary/aromatic N) is 2. The standard InChI is InChI=1S/C14H20N2O6/c1-14(2,3)22-13(19)16-9(12(18)20-5)8-10(11(16)17)21-7-6-15-4/h9-10H,6-8H2,1-3,5H3/t9-,10-/m0/s1. The van der Waals surface area contributed by atoms with Crippen LogP contribution in [0.1, 0.15) is 27.2 Å². The van der Waals surface area contributed by atoms with Crippen molar-refractivity contribution in [2.75, 3.05) is 20.3 Å². The number of methoxy groups -OCH3 is 1. The molecule has 8 nitrogen and oxygen atoms in total. The summed E-state index contributed by atoms with van der Waals surface area (Å²) >= 11 is 0. The molecule has 22 heavy (non-hydrogen) atoms. The van der Waals surface area contributed by atoms with Crippen LogP contribution in [0.5, 0.6) is 0 Å². The molecule has 0 saturated carbocycles. The lowest BCUT2D eigenvalue weighted by Crippen LogP contribution is -2.46.